The molecule has 0 heterocycles. The number of aliphatic hydroxyl groups is 1. The molecule has 0 fully saturated rings. The van der Waals surface area contributed by atoms with E-state index in [2.05, 4.69) is 47.3 Å². The maximum absolute atomic E-state index is 11.9. The molecule has 4 nitrogen and oxygen atoms in total. The number of anilines is 1. The summed E-state index contributed by atoms with van der Waals surface area (Å²) >= 11 is 3.39. The van der Waals surface area contributed by atoms with Crippen LogP contribution in [0.2, 0.25) is 0 Å². The topological polar surface area (TPSA) is 61.4 Å². The van der Waals surface area contributed by atoms with Crippen LogP contribution in [0.5, 0.6) is 0 Å². The van der Waals surface area contributed by atoms with E-state index in [0.29, 0.717) is 6.42 Å². The summed E-state index contributed by atoms with van der Waals surface area (Å²) in [4.78, 5) is 11.9. The summed E-state index contributed by atoms with van der Waals surface area (Å²) in [5.74, 6) is -0.0934. The fourth-order valence-electron chi connectivity index (χ4n) is 1.94. The van der Waals surface area contributed by atoms with Crippen molar-refractivity contribution in [1.82, 2.24) is 5.32 Å². The lowest BCUT2D eigenvalue weighted by atomic mass is 9.85. The van der Waals surface area contributed by atoms with Crippen LogP contribution in [-0.2, 0) is 4.79 Å². The normalized spacial score (nSPS) is 13.1. The van der Waals surface area contributed by atoms with Gasteiger partial charge < -0.3 is 15.7 Å². The van der Waals surface area contributed by atoms with E-state index in [1.807, 2.05) is 24.3 Å². The Kier molecular flexibility index (Phi) is 6.65. The first-order valence-electron chi connectivity index (χ1n) is 6.73. The zero-order chi connectivity index (χ0) is 15.2. The average molecular weight is 343 g/mol. The van der Waals surface area contributed by atoms with E-state index in [9.17, 15) is 4.79 Å². The number of aliphatic hydroxyl groups excluding tert-OH is 1. The Hall–Kier alpha value is -0.910. The molecule has 1 amide bonds. The molecule has 1 aromatic rings. The highest BCUT2D eigenvalue weighted by molar-refractivity contribution is 9.10. The van der Waals surface area contributed by atoms with Gasteiger partial charge in [-0.15, -0.1) is 0 Å². The van der Waals surface area contributed by atoms with Gasteiger partial charge in [-0.05, 0) is 39.9 Å². The maximum atomic E-state index is 11.9. The minimum Gasteiger partial charge on any atom is -0.396 e. The third kappa shape index (κ3) is 5.61. The van der Waals surface area contributed by atoms with Crippen LogP contribution in [0.4, 0.5) is 5.69 Å². The summed E-state index contributed by atoms with van der Waals surface area (Å²) < 4.78 is 0.857. The Bertz CT molecular complexity index is 444. The molecule has 0 aromatic heterocycles. The SMILES string of the molecule is CC(C)(C)C(CCO)NCC(=O)Nc1ccccc1Br. The standard InChI is InChI=1S/C15H23BrN2O2/c1-15(2,3)13(8-9-19)17-10-14(20)18-12-7-5-4-6-11(12)16/h4-7,13,17,19H,8-10H2,1-3H3,(H,18,20). The fraction of sp³-hybridized carbons (Fsp3) is 0.533. The average Bonchev–Trinajstić information content (AvgIpc) is 2.36. The quantitative estimate of drug-likeness (QED) is 0.744. The second kappa shape index (κ2) is 7.76. The molecule has 0 aliphatic heterocycles. The number of para-hydroxylation sites is 1. The minimum atomic E-state index is -0.0934. The fourth-order valence-corrected chi connectivity index (χ4v) is 2.33. The number of rotatable bonds is 6. The highest BCUT2D eigenvalue weighted by atomic mass is 79.9. The smallest absolute Gasteiger partial charge is 0.238 e. The Morgan fingerprint density at radius 2 is 2.00 bits per heavy atom. The van der Waals surface area contributed by atoms with Gasteiger partial charge in [0.1, 0.15) is 0 Å². The van der Waals surface area contributed by atoms with Crippen LogP contribution >= 0.6 is 15.9 Å². The van der Waals surface area contributed by atoms with Gasteiger partial charge in [-0.25, -0.2) is 0 Å². The van der Waals surface area contributed by atoms with Gasteiger partial charge in [0.25, 0.3) is 0 Å². The van der Waals surface area contributed by atoms with Crippen LogP contribution in [0.15, 0.2) is 28.7 Å². The third-order valence-electron chi connectivity index (χ3n) is 3.12. The number of hydrogen-bond donors (Lipinski definition) is 3. The van der Waals surface area contributed by atoms with Crippen LogP contribution in [0.25, 0.3) is 0 Å². The summed E-state index contributed by atoms with van der Waals surface area (Å²) in [6.07, 6.45) is 0.631. The lowest BCUT2D eigenvalue weighted by molar-refractivity contribution is -0.115. The molecule has 1 aromatic carbocycles. The van der Waals surface area contributed by atoms with Gasteiger partial charge in [-0.2, -0.15) is 0 Å². The molecule has 1 unspecified atom stereocenters. The summed E-state index contributed by atoms with van der Waals surface area (Å²) in [6, 6.07) is 7.59. The molecule has 0 spiro atoms. The molecule has 3 N–H and O–H groups in total. The zero-order valence-corrected chi connectivity index (χ0v) is 13.8. The van der Waals surface area contributed by atoms with Gasteiger partial charge in [0, 0.05) is 17.1 Å². The molecule has 1 atom stereocenters. The van der Waals surface area contributed by atoms with E-state index in [4.69, 9.17) is 5.11 Å². The summed E-state index contributed by atoms with van der Waals surface area (Å²) in [5.41, 5.74) is 0.754. The molecule has 0 radical (unpaired) electrons. The molecular weight excluding hydrogens is 320 g/mol. The van der Waals surface area contributed by atoms with Gasteiger partial charge >= 0.3 is 0 Å². The van der Waals surface area contributed by atoms with E-state index < -0.39 is 0 Å². The van der Waals surface area contributed by atoms with Crippen molar-refractivity contribution < 1.29 is 9.90 Å². The Morgan fingerprint density at radius 1 is 1.35 bits per heavy atom. The summed E-state index contributed by atoms with van der Waals surface area (Å²) in [5, 5.41) is 15.2. The van der Waals surface area contributed by atoms with Crippen molar-refractivity contribution >= 4 is 27.5 Å². The van der Waals surface area contributed by atoms with Crippen molar-refractivity contribution in [3.05, 3.63) is 28.7 Å². The predicted octanol–water partition coefficient (Wildman–Crippen LogP) is 2.77. The van der Waals surface area contributed by atoms with Crippen molar-refractivity contribution in [3.63, 3.8) is 0 Å². The van der Waals surface area contributed by atoms with Crippen molar-refractivity contribution in [2.24, 2.45) is 5.41 Å². The Labute approximate surface area is 129 Å². The molecule has 112 valence electrons. The monoisotopic (exact) mass is 342 g/mol. The molecule has 0 saturated heterocycles. The predicted molar refractivity (Wildman–Crippen MR) is 85.7 cm³/mol. The van der Waals surface area contributed by atoms with Crippen LogP contribution in [0.1, 0.15) is 27.2 Å². The van der Waals surface area contributed by atoms with Crippen molar-refractivity contribution in [1.29, 1.82) is 0 Å². The number of amides is 1. The van der Waals surface area contributed by atoms with E-state index in [1.54, 1.807) is 0 Å². The highest BCUT2D eigenvalue weighted by Gasteiger charge is 2.24. The van der Waals surface area contributed by atoms with E-state index in [0.717, 1.165) is 10.2 Å². The number of carbonyl (C=O) groups excluding carboxylic acids is 1. The van der Waals surface area contributed by atoms with Crippen LogP contribution in [0.3, 0.4) is 0 Å². The summed E-state index contributed by atoms with van der Waals surface area (Å²) in [7, 11) is 0. The first-order chi connectivity index (χ1) is 9.34. The second-order valence-corrected chi connectivity index (χ2v) is 6.69. The molecule has 5 heteroatoms. The highest BCUT2D eigenvalue weighted by Crippen LogP contribution is 2.22. The van der Waals surface area contributed by atoms with Gasteiger partial charge in [-0.1, -0.05) is 32.9 Å². The van der Waals surface area contributed by atoms with Gasteiger partial charge in [0.15, 0.2) is 0 Å². The van der Waals surface area contributed by atoms with Crippen molar-refractivity contribution in [2.75, 3.05) is 18.5 Å². The van der Waals surface area contributed by atoms with Gasteiger partial charge in [-0.3, -0.25) is 4.79 Å². The molecule has 0 saturated carbocycles. The van der Waals surface area contributed by atoms with Gasteiger partial charge in [0.05, 0.1) is 12.2 Å². The number of nitrogens with one attached hydrogen (secondary N) is 2. The number of benzene rings is 1. The molecular formula is C15H23BrN2O2. The van der Waals surface area contributed by atoms with E-state index in [1.165, 1.54) is 0 Å². The number of hydrogen-bond acceptors (Lipinski definition) is 3. The molecule has 0 aliphatic rings. The number of halogens is 1. The minimum absolute atomic E-state index is 0.00363. The second-order valence-electron chi connectivity index (χ2n) is 5.84. The number of carbonyl (C=O) groups is 1. The Balaban J connectivity index is 2.52. The van der Waals surface area contributed by atoms with Crippen LogP contribution < -0.4 is 10.6 Å². The zero-order valence-electron chi connectivity index (χ0n) is 12.2. The molecule has 20 heavy (non-hydrogen) atoms. The summed E-state index contributed by atoms with van der Waals surface area (Å²) in [6.45, 7) is 6.61. The van der Waals surface area contributed by atoms with E-state index in [-0.39, 0.29) is 30.5 Å². The lowest BCUT2D eigenvalue weighted by Gasteiger charge is -2.31. The first-order valence-corrected chi connectivity index (χ1v) is 7.52. The van der Waals surface area contributed by atoms with Crippen LogP contribution in [0, 0.1) is 5.41 Å². The third-order valence-corrected chi connectivity index (χ3v) is 3.81. The first kappa shape index (κ1) is 17.1. The van der Waals surface area contributed by atoms with Crippen molar-refractivity contribution in [2.45, 2.75) is 33.2 Å². The van der Waals surface area contributed by atoms with Crippen LogP contribution in [-0.4, -0.2) is 30.2 Å². The molecule has 0 bridgehead atoms. The maximum Gasteiger partial charge on any atom is 0.238 e. The van der Waals surface area contributed by atoms with Gasteiger partial charge in [0.2, 0.25) is 5.91 Å². The van der Waals surface area contributed by atoms with Crippen molar-refractivity contribution in [3.8, 4) is 0 Å². The molecule has 0 aliphatic carbocycles. The van der Waals surface area contributed by atoms with E-state index >= 15 is 0 Å². The molecule has 1 rings (SSSR count). The lowest BCUT2D eigenvalue weighted by Crippen LogP contribution is -2.44. The largest absolute Gasteiger partial charge is 0.396 e. The Morgan fingerprint density at radius 3 is 2.55 bits per heavy atom.